The molecule has 5 heteroatoms. The molecule has 1 aromatic rings. The van der Waals surface area contributed by atoms with Crippen LogP contribution in [-0.2, 0) is 4.79 Å². The number of fused-ring (bicyclic) bond motifs is 1. The topological polar surface area (TPSA) is 50.4 Å². The van der Waals surface area contributed by atoms with Gasteiger partial charge in [0.25, 0.3) is 5.91 Å². The molecule has 3 rings (SSSR count). The fourth-order valence-electron chi connectivity index (χ4n) is 2.76. The molecule has 0 bridgehead atoms. The zero-order chi connectivity index (χ0) is 14.7. The molecule has 0 radical (unpaired) electrons. The van der Waals surface area contributed by atoms with Gasteiger partial charge in [-0.1, -0.05) is 12.5 Å². The summed E-state index contributed by atoms with van der Waals surface area (Å²) in [5.41, 5.74) is 1.96. The van der Waals surface area contributed by atoms with Gasteiger partial charge >= 0.3 is 0 Å². The van der Waals surface area contributed by atoms with Gasteiger partial charge in [-0.15, -0.1) is 0 Å². The number of ether oxygens (including phenoxy) is 1. The second-order valence-corrected chi connectivity index (χ2v) is 7.12. The highest BCUT2D eigenvalue weighted by molar-refractivity contribution is 7.99. The lowest BCUT2D eigenvalue weighted by atomic mass is 10.1. The Morgan fingerprint density at radius 2 is 2.38 bits per heavy atom. The van der Waals surface area contributed by atoms with Crippen LogP contribution >= 0.6 is 11.8 Å². The van der Waals surface area contributed by atoms with Crippen molar-refractivity contribution < 1.29 is 9.53 Å². The number of benzene rings is 1. The van der Waals surface area contributed by atoms with Crippen LogP contribution in [0.2, 0.25) is 0 Å². The van der Waals surface area contributed by atoms with E-state index in [1.165, 1.54) is 30.6 Å². The lowest BCUT2D eigenvalue weighted by Gasteiger charge is -2.25. The van der Waals surface area contributed by atoms with Gasteiger partial charge < -0.3 is 15.4 Å². The fraction of sp³-hybridized carbons (Fsp3) is 0.562. The van der Waals surface area contributed by atoms with Crippen LogP contribution in [0.1, 0.15) is 37.8 Å². The Balaban J connectivity index is 1.60. The van der Waals surface area contributed by atoms with Crippen LogP contribution in [0.3, 0.4) is 0 Å². The van der Waals surface area contributed by atoms with Crippen molar-refractivity contribution in [2.24, 2.45) is 0 Å². The Kier molecular flexibility index (Phi) is 4.70. The van der Waals surface area contributed by atoms with E-state index in [1.807, 2.05) is 12.1 Å². The van der Waals surface area contributed by atoms with E-state index in [2.05, 4.69) is 35.4 Å². The second kappa shape index (κ2) is 6.71. The molecule has 2 atom stereocenters. The Labute approximate surface area is 130 Å². The van der Waals surface area contributed by atoms with Crippen molar-refractivity contribution in [1.29, 1.82) is 0 Å². The van der Waals surface area contributed by atoms with Crippen LogP contribution < -0.4 is 15.4 Å². The standard InChI is InChI=1S/C16H22N2O2S/c1-11(17-9-13-4-2-3-7-21-13)12-5-6-15-14(8-12)18-16(19)10-20-15/h5-6,8,11,13,17H,2-4,7,9-10H2,1H3,(H,18,19). The largest absolute Gasteiger partial charge is 0.482 e. The smallest absolute Gasteiger partial charge is 0.262 e. The molecule has 2 unspecified atom stereocenters. The number of thioether (sulfide) groups is 1. The number of amides is 1. The minimum Gasteiger partial charge on any atom is -0.482 e. The maximum absolute atomic E-state index is 11.4. The van der Waals surface area contributed by atoms with Gasteiger partial charge in [-0.3, -0.25) is 4.79 Å². The maximum atomic E-state index is 11.4. The average molecular weight is 306 g/mol. The van der Waals surface area contributed by atoms with Crippen LogP contribution in [0.5, 0.6) is 5.75 Å². The van der Waals surface area contributed by atoms with E-state index in [9.17, 15) is 4.79 Å². The van der Waals surface area contributed by atoms with Crippen molar-refractivity contribution in [1.82, 2.24) is 5.32 Å². The van der Waals surface area contributed by atoms with Gasteiger partial charge in [-0.25, -0.2) is 0 Å². The van der Waals surface area contributed by atoms with E-state index in [0.717, 1.165) is 23.2 Å². The van der Waals surface area contributed by atoms with Crippen LogP contribution in [0.25, 0.3) is 0 Å². The average Bonchev–Trinajstić information content (AvgIpc) is 2.53. The fourth-order valence-corrected chi connectivity index (χ4v) is 4.02. The highest BCUT2D eigenvalue weighted by atomic mass is 32.2. The summed E-state index contributed by atoms with van der Waals surface area (Å²) >= 11 is 2.08. The van der Waals surface area contributed by atoms with Crippen molar-refractivity contribution in [3.8, 4) is 5.75 Å². The molecule has 114 valence electrons. The van der Waals surface area contributed by atoms with Crippen molar-refractivity contribution in [2.45, 2.75) is 37.5 Å². The summed E-state index contributed by atoms with van der Waals surface area (Å²) in [6.45, 7) is 3.32. The van der Waals surface area contributed by atoms with E-state index in [1.54, 1.807) is 0 Å². The first-order chi connectivity index (χ1) is 10.2. The minimum atomic E-state index is -0.0844. The van der Waals surface area contributed by atoms with Crippen LogP contribution in [0.15, 0.2) is 18.2 Å². The quantitative estimate of drug-likeness (QED) is 0.898. The van der Waals surface area contributed by atoms with Crippen LogP contribution in [0, 0.1) is 0 Å². The molecule has 2 heterocycles. The number of carbonyl (C=O) groups excluding carboxylic acids is 1. The van der Waals surface area contributed by atoms with Crippen LogP contribution in [0.4, 0.5) is 5.69 Å². The molecule has 4 nitrogen and oxygen atoms in total. The molecule has 0 aliphatic carbocycles. The first kappa shape index (κ1) is 14.7. The number of nitrogens with one attached hydrogen (secondary N) is 2. The van der Waals surface area contributed by atoms with E-state index in [-0.39, 0.29) is 18.6 Å². The van der Waals surface area contributed by atoms with E-state index >= 15 is 0 Å². The van der Waals surface area contributed by atoms with Gasteiger partial charge in [0.2, 0.25) is 0 Å². The zero-order valence-corrected chi connectivity index (χ0v) is 13.2. The third-order valence-electron chi connectivity index (χ3n) is 4.06. The van der Waals surface area contributed by atoms with Crippen molar-refractivity contribution >= 4 is 23.4 Å². The molecule has 2 aliphatic rings. The first-order valence-corrected chi connectivity index (χ1v) is 8.69. The van der Waals surface area contributed by atoms with Crippen molar-refractivity contribution in [3.63, 3.8) is 0 Å². The van der Waals surface area contributed by atoms with Gasteiger partial charge in [-0.05, 0) is 43.2 Å². The molecule has 1 amide bonds. The Morgan fingerprint density at radius 3 is 3.19 bits per heavy atom. The Bertz CT molecular complexity index is 515. The zero-order valence-electron chi connectivity index (χ0n) is 12.4. The first-order valence-electron chi connectivity index (χ1n) is 7.64. The lowest BCUT2D eigenvalue weighted by Crippen LogP contribution is -2.29. The summed E-state index contributed by atoms with van der Waals surface area (Å²) in [4.78, 5) is 11.4. The summed E-state index contributed by atoms with van der Waals surface area (Å²) in [6.07, 6.45) is 4.04. The predicted molar refractivity (Wildman–Crippen MR) is 87.1 cm³/mol. The summed E-state index contributed by atoms with van der Waals surface area (Å²) in [7, 11) is 0. The summed E-state index contributed by atoms with van der Waals surface area (Å²) in [5.74, 6) is 1.97. The van der Waals surface area contributed by atoms with E-state index < -0.39 is 0 Å². The second-order valence-electron chi connectivity index (χ2n) is 5.71. The van der Waals surface area contributed by atoms with Gasteiger partial charge in [-0.2, -0.15) is 11.8 Å². The number of anilines is 1. The Hall–Kier alpha value is -1.20. The normalized spacial score (nSPS) is 22.9. The number of rotatable bonds is 4. The van der Waals surface area contributed by atoms with Gasteiger partial charge in [0, 0.05) is 17.8 Å². The molecule has 0 aromatic heterocycles. The summed E-state index contributed by atoms with van der Waals surface area (Å²) in [5, 5.41) is 7.21. The van der Waals surface area contributed by atoms with E-state index in [0.29, 0.717) is 0 Å². The molecule has 2 aliphatic heterocycles. The number of hydrogen-bond donors (Lipinski definition) is 2. The van der Waals surface area contributed by atoms with Gasteiger partial charge in [0.05, 0.1) is 5.69 Å². The third-order valence-corrected chi connectivity index (χ3v) is 5.46. The summed E-state index contributed by atoms with van der Waals surface area (Å²) in [6, 6.07) is 6.30. The molecular weight excluding hydrogens is 284 g/mol. The van der Waals surface area contributed by atoms with Crippen LogP contribution in [-0.4, -0.2) is 30.1 Å². The van der Waals surface area contributed by atoms with Gasteiger partial charge in [0.1, 0.15) is 5.75 Å². The highest BCUT2D eigenvalue weighted by Crippen LogP contribution is 2.31. The molecule has 21 heavy (non-hydrogen) atoms. The molecule has 0 saturated carbocycles. The number of hydrogen-bond acceptors (Lipinski definition) is 4. The Morgan fingerprint density at radius 1 is 1.48 bits per heavy atom. The summed E-state index contributed by atoms with van der Waals surface area (Å²) < 4.78 is 5.39. The molecular formula is C16H22N2O2S. The SMILES string of the molecule is CC(NCC1CCCCS1)c1ccc2c(c1)NC(=O)CO2. The predicted octanol–water partition coefficient (Wildman–Crippen LogP) is 2.95. The maximum Gasteiger partial charge on any atom is 0.262 e. The molecule has 2 N–H and O–H groups in total. The third kappa shape index (κ3) is 3.71. The molecule has 1 fully saturated rings. The highest BCUT2D eigenvalue weighted by Gasteiger charge is 2.18. The monoisotopic (exact) mass is 306 g/mol. The van der Waals surface area contributed by atoms with Crippen molar-refractivity contribution in [2.75, 3.05) is 24.2 Å². The lowest BCUT2D eigenvalue weighted by molar-refractivity contribution is -0.118. The minimum absolute atomic E-state index is 0.0844. The number of carbonyl (C=O) groups is 1. The van der Waals surface area contributed by atoms with Gasteiger partial charge in [0.15, 0.2) is 6.61 Å². The van der Waals surface area contributed by atoms with E-state index in [4.69, 9.17) is 4.74 Å². The van der Waals surface area contributed by atoms with Crippen molar-refractivity contribution in [3.05, 3.63) is 23.8 Å². The molecule has 1 aromatic carbocycles. The molecule has 0 spiro atoms. The molecule has 1 saturated heterocycles.